The third-order valence-electron chi connectivity index (χ3n) is 4.14. The van der Waals surface area contributed by atoms with Crippen LogP contribution in [0.2, 0.25) is 0 Å². The minimum atomic E-state index is -1.28. The SMILES string of the molecule is Cc1ccc(-c2ccc(/C=C/C(=O)Nc3ccc(C(=O)O)c(O)c3)o2)c([N+](=O)[O-])c1. The van der Waals surface area contributed by atoms with E-state index in [-0.39, 0.29) is 22.7 Å². The number of carbonyl (C=O) groups is 2. The molecule has 0 aliphatic rings. The maximum Gasteiger partial charge on any atom is 0.339 e. The standard InChI is InChI=1S/C21H16N2O7/c1-12-2-6-15(17(10-12)23(28)29)19-8-4-14(30-19)5-9-20(25)22-13-3-7-16(21(26)27)18(24)11-13/h2-11,24H,1H3,(H,22,25)(H,26,27)/b9-5+. The van der Waals surface area contributed by atoms with E-state index in [9.17, 15) is 24.8 Å². The number of hydrogen-bond donors (Lipinski definition) is 3. The van der Waals surface area contributed by atoms with Crippen LogP contribution in [0.1, 0.15) is 21.7 Å². The number of nitrogens with zero attached hydrogens (tertiary/aromatic N) is 1. The number of furan rings is 1. The van der Waals surface area contributed by atoms with Crippen molar-refractivity contribution in [1.29, 1.82) is 0 Å². The number of nitro groups is 1. The van der Waals surface area contributed by atoms with Crippen LogP contribution in [-0.4, -0.2) is 27.0 Å². The number of carboxylic acid groups (broad SMARTS) is 1. The van der Waals surface area contributed by atoms with Crippen molar-refractivity contribution in [2.45, 2.75) is 6.92 Å². The van der Waals surface area contributed by atoms with Crippen molar-refractivity contribution in [2.75, 3.05) is 5.32 Å². The second-order valence-corrected chi connectivity index (χ2v) is 6.34. The summed E-state index contributed by atoms with van der Waals surface area (Å²) in [6.45, 7) is 1.75. The van der Waals surface area contributed by atoms with Gasteiger partial charge in [-0.2, -0.15) is 0 Å². The van der Waals surface area contributed by atoms with Crippen LogP contribution < -0.4 is 5.32 Å². The quantitative estimate of drug-likeness (QED) is 0.315. The number of carboxylic acids is 1. The first-order valence-corrected chi connectivity index (χ1v) is 8.65. The molecule has 2 aromatic carbocycles. The van der Waals surface area contributed by atoms with Gasteiger partial charge in [-0.3, -0.25) is 14.9 Å². The highest BCUT2D eigenvalue weighted by molar-refractivity contribution is 6.02. The lowest BCUT2D eigenvalue weighted by molar-refractivity contribution is -0.384. The molecule has 0 spiro atoms. The molecule has 0 saturated heterocycles. The minimum absolute atomic E-state index is 0.0813. The highest BCUT2D eigenvalue weighted by atomic mass is 16.6. The lowest BCUT2D eigenvalue weighted by Gasteiger charge is -2.04. The number of benzene rings is 2. The first-order chi connectivity index (χ1) is 14.2. The van der Waals surface area contributed by atoms with Gasteiger partial charge in [0.05, 0.1) is 10.5 Å². The number of aromatic hydroxyl groups is 1. The second kappa shape index (κ2) is 8.31. The summed E-state index contributed by atoms with van der Waals surface area (Å²) in [6, 6.07) is 11.6. The van der Waals surface area contributed by atoms with Gasteiger partial charge in [0.2, 0.25) is 5.91 Å². The number of aromatic carboxylic acids is 1. The molecular formula is C21H16N2O7. The summed E-state index contributed by atoms with van der Waals surface area (Å²) in [4.78, 5) is 33.7. The summed E-state index contributed by atoms with van der Waals surface area (Å²) in [6.07, 6.45) is 2.55. The van der Waals surface area contributed by atoms with Crippen molar-refractivity contribution in [3.63, 3.8) is 0 Å². The molecular weight excluding hydrogens is 392 g/mol. The first kappa shape index (κ1) is 20.3. The van der Waals surface area contributed by atoms with Gasteiger partial charge in [0.1, 0.15) is 22.8 Å². The van der Waals surface area contributed by atoms with Gasteiger partial charge in [-0.1, -0.05) is 6.07 Å². The lowest BCUT2D eigenvalue weighted by Crippen LogP contribution is -2.08. The van der Waals surface area contributed by atoms with E-state index in [1.807, 2.05) is 0 Å². The van der Waals surface area contributed by atoms with Gasteiger partial charge >= 0.3 is 5.97 Å². The summed E-state index contributed by atoms with van der Waals surface area (Å²) in [5, 5.41) is 32.3. The monoisotopic (exact) mass is 408 g/mol. The zero-order valence-electron chi connectivity index (χ0n) is 15.7. The molecule has 3 rings (SSSR count). The molecule has 152 valence electrons. The molecule has 0 radical (unpaired) electrons. The third-order valence-corrected chi connectivity index (χ3v) is 4.14. The Bertz CT molecular complexity index is 1180. The predicted molar refractivity (Wildman–Crippen MR) is 108 cm³/mol. The number of anilines is 1. The average Bonchev–Trinajstić information content (AvgIpc) is 3.15. The van der Waals surface area contributed by atoms with Crippen molar-refractivity contribution >= 4 is 29.3 Å². The van der Waals surface area contributed by atoms with E-state index in [0.29, 0.717) is 11.3 Å². The number of phenols is 1. The molecule has 1 heterocycles. The maximum absolute atomic E-state index is 12.0. The maximum atomic E-state index is 12.0. The van der Waals surface area contributed by atoms with E-state index in [1.165, 1.54) is 30.4 Å². The van der Waals surface area contributed by atoms with Crippen molar-refractivity contribution in [1.82, 2.24) is 0 Å². The Morgan fingerprint density at radius 2 is 1.90 bits per heavy atom. The summed E-state index contributed by atoms with van der Waals surface area (Å²) in [7, 11) is 0. The number of hydrogen-bond acceptors (Lipinski definition) is 6. The zero-order valence-corrected chi connectivity index (χ0v) is 15.7. The fourth-order valence-electron chi connectivity index (χ4n) is 2.72. The van der Waals surface area contributed by atoms with Gasteiger partial charge in [0.25, 0.3) is 5.69 Å². The number of rotatable bonds is 6. The molecule has 0 saturated carbocycles. The van der Waals surface area contributed by atoms with Crippen LogP contribution >= 0.6 is 0 Å². The number of carbonyl (C=O) groups excluding carboxylic acids is 1. The van der Waals surface area contributed by atoms with Crippen LogP contribution in [-0.2, 0) is 4.79 Å². The van der Waals surface area contributed by atoms with E-state index in [4.69, 9.17) is 9.52 Å². The highest BCUT2D eigenvalue weighted by Gasteiger charge is 2.18. The molecule has 0 unspecified atom stereocenters. The van der Waals surface area contributed by atoms with Gasteiger partial charge in [-0.15, -0.1) is 0 Å². The molecule has 9 nitrogen and oxygen atoms in total. The molecule has 3 aromatic rings. The summed E-state index contributed by atoms with van der Waals surface area (Å²) >= 11 is 0. The molecule has 1 aromatic heterocycles. The Balaban J connectivity index is 1.73. The number of aryl methyl sites for hydroxylation is 1. The van der Waals surface area contributed by atoms with Gasteiger partial charge in [0, 0.05) is 23.9 Å². The van der Waals surface area contributed by atoms with Crippen LogP contribution in [0.5, 0.6) is 5.75 Å². The summed E-state index contributed by atoms with van der Waals surface area (Å²) < 4.78 is 5.59. The highest BCUT2D eigenvalue weighted by Crippen LogP contribution is 2.32. The van der Waals surface area contributed by atoms with E-state index in [1.54, 1.807) is 31.2 Å². The Hall–Kier alpha value is -4.40. The third kappa shape index (κ3) is 4.53. The van der Waals surface area contributed by atoms with E-state index in [2.05, 4.69) is 5.32 Å². The minimum Gasteiger partial charge on any atom is -0.507 e. The fourth-order valence-corrected chi connectivity index (χ4v) is 2.72. The number of nitro benzene ring substituents is 1. The van der Waals surface area contributed by atoms with Gasteiger partial charge in [-0.25, -0.2) is 4.79 Å². The van der Waals surface area contributed by atoms with Gasteiger partial charge in [-0.05, 0) is 48.9 Å². The number of nitrogens with one attached hydrogen (secondary N) is 1. The van der Waals surface area contributed by atoms with E-state index in [0.717, 1.165) is 11.6 Å². The van der Waals surface area contributed by atoms with Crippen LogP contribution in [0.15, 0.2) is 59.0 Å². The molecule has 3 N–H and O–H groups in total. The van der Waals surface area contributed by atoms with Gasteiger partial charge < -0.3 is 19.9 Å². The fraction of sp³-hybridized carbons (Fsp3) is 0.0476. The molecule has 0 aliphatic heterocycles. The van der Waals surface area contributed by atoms with Gasteiger partial charge in [0.15, 0.2) is 0 Å². The van der Waals surface area contributed by atoms with Crippen molar-refractivity contribution in [3.05, 3.63) is 81.6 Å². The molecule has 0 aliphatic carbocycles. The van der Waals surface area contributed by atoms with E-state index < -0.39 is 22.5 Å². The average molecular weight is 408 g/mol. The molecule has 1 amide bonds. The molecule has 0 fully saturated rings. The Morgan fingerprint density at radius 1 is 1.13 bits per heavy atom. The first-order valence-electron chi connectivity index (χ1n) is 8.65. The Kier molecular flexibility index (Phi) is 5.63. The predicted octanol–water partition coefficient (Wildman–Crippen LogP) is 4.22. The molecule has 0 atom stereocenters. The Labute approximate surface area is 170 Å². The van der Waals surface area contributed by atoms with Crippen LogP contribution in [0.25, 0.3) is 17.4 Å². The summed E-state index contributed by atoms with van der Waals surface area (Å²) in [5.41, 5.74) is 0.918. The van der Waals surface area contributed by atoms with Crippen molar-refractivity contribution < 1.29 is 29.1 Å². The van der Waals surface area contributed by atoms with Crippen LogP contribution in [0, 0.1) is 17.0 Å². The smallest absolute Gasteiger partial charge is 0.339 e. The van der Waals surface area contributed by atoms with Crippen molar-refractivity contribution in [3.8, 4) is 17.1 Å². The molecule has 0 bridgehead atoms. The molecule has 9 heteroatoms. The Morgan fingerprint density at radius 3 is 2.57 bits per heavy atom. The normalized spacial score (nSPS) is 10.8. The zero-order chi connectivity index (χ0) is 21.8. The largest absolute Gasteiger partial charge is 0.507 e. The topological polar surface area (TPSA) is 143 Å². The van der Waals surface area contributed by atoms with Crippen LogP contribution in [0.4, 0.5) is 11.4 Å². The molecule has 30 heavy (non-hydrogen) atoms. The summed E-state index contributed by atoms with van der Waals surface area (Å²) in [5.74, 6) is -1.71. The second-order valence-electron chi connectivity index (χ2n) is 6.34. The van der Waals surface area contributed by atoms with E-state index >= 15 is 0 Å². The number of amides is 1. The van der Waals surface area contributed by atoms with Crippen LogP contribution in [0.3, 0.4) is 0 Å². The lowest BCUT2D eigenvalue weighted by atomic mass is 10.1. The van der Waals surface area contributed by atoms with Crippen molar-refractivity contribution in [2.24, 2.45) is 0 Å².